The van der Waals surface area contributed by atoms with Crippen LogP contribution in [0, 0.1) is 13.8 Å². The molecule has 1 unspecified atom stereocenters. The van der Waals surface area contributed by atoms with Crippen LogP contribution in [0.5, 0.6) is 0 Å². The van der Waals surface area contributed by atoms with Crippen LogP contribution in [0.1, 0.15) is 39.0 Å². The molecule has 1 aromatic heterocycles. The second kappa shape index (κ2) is 5.29. The molecule has 1 N–H and O–H groups in total. The van der Waals surface area contributed by atoms with E-state index in [1.54, 1.807) is 26.0 Å². The van der Waals surface area contributed by atoms with Gasteiger partial charge in [0.15, 0.2) is 6.04 Å². The van der Waals surface area contributed by atoms with E-state index in [1.807, 2.05) is 12.1 Å². The molecule has 1 amide bonds. The zero-order chi connectivity index (χ0) is 15.9. The first-order chi connectivity index (χ1) is 10.5. The molecule has 114 valence electrons. The predicted molar refractivity (Wildman–Crippen MR) is 77.5 cm³/mol. The molecule has 1 aromatic carbocycles. The van der Waals surface area contributed by atoms with E-state index in [1.165, 1.54) is 4.90 Å². The normalized spacial score (nSPS) is 17.2. The average Bonchev–Trinajstić information content (AvgIpc) is 2.84. The molecule has 1 aliphatic rings. The van der Waals surface area contributed by atoms with Crippen LogP contribution in [0.25, 0.3) is 0 Å². The fourth-order valence-corrected chi connectivity index (χ4v) is 2.98. The minimum Gasteiger partial charge on any atom is -0.479 e. The number of carbonyl (C=O) groups excluding carboxylic acids is 1. The number of carbonyl (C=O) groups is 2. The molecular weight excluding hydrogens is 284 g/mol. The third-order valence-corrected chi connectivity index (χ3v) is 4.03. The van der Waals surface area contributed by atoms with E-state index in [2.05, 4.69) is 5.16 Å². The van der Waals surface area contributed by atoms with Crippen LogP contribution in [-0.2, 0) is 11.2 Å². The Kier molecular flexibility index (Phi) is 3.44. The molecule has 0 fully saturated rings. The van der Waals surface area contributed by atoms with Gasteiger partial charge < -0.3 is 14.5 Å². The van der Waals surface area contributed by atoms with E-state index in [4.69, 9.17) is 4.52 Å². The van der Waals surface area contributed by atoms with Gasteiger partial charge in [0.2, 0.25) is 0 Å². The maximum absolute atomic E-state index is 12.8. The molecule has 6 heteroatoms. The number of fused-ring (bicyclic) bond motifs is 1. The first-order valence-corrected chi connectivity index (χ1v) is 7.05. The van der Waals surface area contributed by atoms with Crippen LogP contribution in [0.2, 0.25) is 0 Å². The number of aromatic nitrogens is 1. The Morgan fingerprint density at radius 3 is 2.68 bits per heavy atom. The first-order valence-electron chi connectivity index (χ1n) is 7.05. The van der Waals surface area contributed by atoms with Crippen molar-refractivity contribution in [1.82, 2.24) is 10.1 Å². The fourth-order valence-electron chi connectivity index (χ4n) is 2.98. The van der Waals surface area contributed by atoms with Crippen LogP contribution >= 0.6 is 0 Å². The van der Waals surface area contributed by atoms with Gasteiger partial charge in [-0.05, 0) is 31.4 Å². The number of hydrogen-bond donors (Lipinski definition) is 1. The van der Waals surface area contributed by atoms with Gasteiger partial charge in [-0.3, -0.25) is 4.79 Å². The summed E-state index contributed by atoms with van der Waals surface area (Å²) in [5.74, 6) is -0.976. The van der Waals surface area contributed by atoms with Gasteiger partial charge >= 0.3 is 5.97 Å². The van der Waals surface area contributed by atoms with Crippen molar-refractivity contribution < 1.29 is 19.2 Å². The van der Waals surface area contributed by atoms with Gasteiger partial charge in [0.1, 0.15) is 11.3 Å². The van der Waals surface area contributed by atoms with Gasteiger partial charge in [-0.1, -0.05) is 29.4 Å². The van der Waals surface area contributed by atoms with E-state index in [9.17, 15) is 14.7 Å². The van der Waals surface area contributed by atoms with Crippen molar-refractivity contribution >= 4 is 11.9 Å². The Labute approximate surface area is 127 Å². The number of carboxylic acid groups (broad SMARTS) is 1. The highest BCUT2D eigenvalue weighted by atomic mass is 16.5. The summed E-state index contributed by atoms with van der Waals surface area (Å²) in [6, 6.07) is 6.36. The Hall–Kier alpha value is -2.63. The second-order valence-corrected chi connectivity index (χ2v) is 5.39. The van der Waals surface area contributed by atoms with Crippen LogP contribution < -0.4 is 0 Å². The minimum atomic E-state index is -1.03. The van der Waals surface area contributed by atoms with Crippen molar-refractivity contribution in [3.63, 3.8) is 0 Å². The Balaban J connectivity index is 2.04. The number of benzene rings is 1. The lowest BCUT2D eigenvalue weighted by molar-refractivity contribution is -0.143. The zero-order valence-corrected chi connectivity index (χ0v) is 12.4. The van der Waals surface area contributed by atoms with Gasteiger partial charge in [0.25, 0.3) is 5.91 Å². The Morgan fingerprint density at radius 2 is 2.05 bits per heavy atom. The van der Waals surface area contributed by atoms with E-state index >= 15 is 0 Å². The summed E-state index contributed by atoms with van der Waals surface area (Å²) in [6.07, 6.45) is 0.634. The van der Waals surface area contributed by atoms with Gasteiger partial charge in [-0.2, -0.15) is 0 Å². The van der Waals surface area contributed by atoms with Crippen LogP contribution in [-0.4, -0.2) is 33.6 Å². The molecule has 0 bridgehead atoms. The second-order valence-electron chi connectivity index (χ2n) is 5.39. The summed E-state index contributed by atoms with van der Waals surface area (Å²) in [7, 11) is 0. The number of hydrogen-bond acceptors (Lipinski definition) is 4. The minimum absolute atomic E-state index is 0.349. The van der Waals surface area contributed by atoms with Gasteiger partial charge in [0, 0.05) is 6.54 Å². The van der Waals surface area contributed by atoms with Crippen LogP contribution in [0.4, 0.5) is 0 Å². The summed E-state index contributed by atoms with van der Waals surface area (Å²) in [6.45, 7) is 3.69. The smallest absolute Gasteiger partial charge is 0.331 e. The van der Waals surface area contributed by atoms with Crippen molar-refractivity contribution in [2.24, 2.45) is 0 Å². The number of amides is 1. The highest BCUT2D eigenvalue weighted by Crippen LogP contribution is 2.32. The number of aliphatic carboxylic acids is 1. The molecule has 6 nitrogen and oxygen atoms in total. The summed E-state index contributed by atoms with van der Waals surface area (Å²) < 4.78 is 5.03. The molecule has 2 heterocycles. The molecule has 2 aromatic rings. The predicted octanol–water partition coefficient (Wildman–Crippen LogP) is 2.12. The Morgan fingerprint density at radius 1 is 1.32 bits per heavy atom. The third-order valence-electron chi connectivity index (χ3n) is 4.03. The van der Waals surface area contributed by atoms with E-state index in [0.717, 1.165) is 5.56 Å². The molecule has 22 heavy (non-hydrogen) atoms. The lowest BCUT2D eigenvalue weighted by Gasteiger charge is -2.34. The van der Waals surface area contributed by atoms with Crippen LogP contribution in [0.3, 0.4) is 0 Å². The zero-order valence-electron chi connectivity index (χ0n) is 12.4. The highest BCUT2D eigenvalue weighted by Gasteiger charge is 2.37. The maximum atomic E-state index is 12.8. The molecule has 1 aliphatic heterocycles. The standard InChI is InChI=1S/C16H16N2O4/c1-9-13(10(2)22-17-9)15(19)18-8-7-11-5-3-4-6-12(11)14(18)16(20)21/h3-6,14H,7-8H2,1-2H3,(H,20,21). The first kappa shape index (κ1) is 14.3. The third kappa shape index (κ3) is 2.16. The van der Waals surface area contributed by atoms with Crippen molar-refractivity contribution in [1.29, 1.82) is 0 Å². The molecule has 0 saturated heterocycles. The molecule has 0 aliphatic carbocycles. The van der Waals surface area contributed by atoms with E-state index in [0.29, 0.717) is 35.5 Å². The molecule has 0 radical (unpaired) electrons. The SMILES string of the molecule is Cc1noc(C)c1C(=O)N1CCc2ccccc2C1C(=O)O. The van der Waals surface area contributed by atoms with E-state index < -0.39 is 12.0 Å². The summed E-state index contributed by atoms with van der Waals surface area (Å²) in [4.78, 5) is 25.9. The molecule has 0 saturated carbocycles. The van der Waals surface area contributed by atoms with Crippen molar-refractivity contribution in [3.8, 4) is 0 Å². The molecule has 0 spiro atoms. The summed E-state index contributed by atoms with van der Waals surface area (Å²) in [5, 5.41) is 13.4. The summed E-state index contributed by atoms with van der Waals surface area (Å²) >= 11 is 0. The lowest BCUT2D eigenvalue weighted by atomic mass is 9.92. The van der Waals surface area contributed by atoms with Crippen molar-refractivity contribution in [2.45, 2.75) is 26.3 Å². The molecule has 3 rings (SSSR count). The molecular formula is C16H16N2O4. The quantitative estimate of drug-likeness (QED) is 0.918. The number of carboxylic acids is 1. The number of rotatable bonds is 2. The largest absolute Gasteiger partial charge is 0.479 e. The van der Waals surface area contributed by atoms with Gasteiger partial charge in [-0.15, -0.1) is 0 Å². The summed E-state index contributed by atoms with van der Waals surface area (Å²) in [5.41, 5.74) is 2.47. The van der Waals surface area contributed by atoms with Crippen LogP contribution in [0.15, 0.2) is 28.8 Å². The Bertz CT molecular complexity index is 731. The monoisotopic (exact) mass is 300 g/mol. The molecule has 1 atom stereocenters. The highest BCUT2D eigenvalue weighted by molar-refractivity contribution is 5.98. The topological polar surface area (TPSA) is 83.6 Å². The van der Waals surface area contributed by atoms with Crippen molar-refractivity contribution in [2.75, 3.05) is 6.54 Å². The lowest BCUT2D eigenvalue weighted by Crippen LogP contribution is -2.43. The number of nitrogens with zero attached hydrogens (tertiary/aromatic N) is 2. The average molecular weight is 300 g/mol. The fraction of sp³-hybridized carbons (Fsp3) is 0.312. The van der Waals surface area contributed by atoms with E-state index in [-0.39, 0.29) is 5.91 Å². The van der Waals surface area contributed by atoms with Crippen molar-refractivity contribution in [3.05, 3.63) is 52.4 Å². The maximum Gasteiger partial charge on any atom is 0.331 e. The van der Waals surface area contributed by atoms with Gasteiger partial charge in [0.05, 0.1) is 5.69 Å². The number of aryl methyl sites for hydroxylation is 2. The van der Waals surface area contributed by atoms with Gasteiger partial charge in [-0.25, -0.2) is 4.79 Å².